The van der Waals surface area contributed by atoms with Gasteiger partial charge in [0.15, 0.2) is 0 Å². The predicted octanol–water partition coefficient (Wildman–Crippen LogP) is 1.10. The molecule has 0 radical (unpaired) electrons. The number of rotatable bonds is 3. The molecule has 1 aliphatic heterocycles. The Morgan fingerprint density at radius 1 is 1.73 bits per heavy atom. The number of nitrogens with zero attached hydrogens (tertiary/aromatic N) is 2. The van der Waals surface area contributed by atoms with E-state index >= 15 is 0 Å². The summed E-state index contributed by atoms with van der Waals surface area (Å²) in [5, 5.41) is 6.37. The average molecular weight is 156 g/mol. The first kappa shape index (κ1) is 8.53. The van der Waals surface area contributed by atoms with E-state index in [2.05, 4.69) is 10.1 Å². The van der Waals surface area contributed by atoms with Crippen molar-refractivity contribution in [2.75, 3.05) is 20.3 Å². The highest BCUT2D eigenvalue weighted by molar-refractivity contribution is 5.52. The van der Waals surface area contributed by atoms with Gasteiger partial charge in [-0.05, 0) is 19.8 Å². The summed E-state index contributed by atoms with van der Waals surface area (Å²) in [6.45, 7) is 3.83. The Bertz CT molecular complexity index is 136. The Morgan fingerprint density at radius 2 is 2.55 bits per heavy atom. The molecule has 1 saturated heterocycles. The minimum absolute atomic E-state index is 0.510. The van der Waals surface area contributed by atoms with E-state index in [4.69, 9.17) is 4.74 Å². The van der Waals surface area contributed by atoms with Crippen LogP contribution in [0.3, 0.4) is 0 Å². The number of hydrazone groups is 1. The van der Waals surface area contributed by atoms with Crippen molar-refractivity contribution >= 4 is 6.21 Å². The van der Waals surface area contributed by atoms with Gasteiger partial charge in [-0.1, -0.05) is 0 Å². The van der Waals surface area contributed by atoms with Crippen LogP contribution in [-0.4, -0.2) is 37.5 Å². The topological polar surface area (TPSA) is 24.8 Å². The van der Waals surface area contributed by atoms with E-state index in [9.17, 15) is 0 Å². The zero-order valence-electron chi connectivity index (χ0n) is 7.29. The number of methoxy groups -OCH3 is 1. The highest BCUT2D eigenvalue weighted by Crippen LogP contribution is 2.16. The molecule has 0 bridgehead atoms. The summed E-state index contributed by atoms with van der Waals surface area (Å²) in [7, 11) is 1.74. The first-order valence-corrected chi connectivity index (χ1v) is 4.12. The first-order valence-electron chi connectivity index (χ1n) is 4.12. The van der Waals surface area contributed by atoms with E-state index in [1.54, 1.807) is 7.11 Å². The van der Waals surface area contributed by atoms with Gasteiger partial charge >= 0.3 is 0 Å². The van der Waals surface area contributed by atoms with E-state index in [0.29, 0.717) is 6.04 Å². The van der Waals surface area contributed by atoms with Crippen molar-refractivity contribution < 1.29 is 4.74 Å². The molecule has 0 aromatic heterocycles. The lowest BCUT2D eigenvalue weighted by molar-refractivity contribution is 0.118. The van der Waals surface area contributed by atoms with E-state index < -0.39 is 0 Å². The van der Waals surface area contributed by atoms with Gasteiger partial charge in [0, 0.05) is 19.9 Å². The fourth-order valence-corrected chi connectivity index (χ4v) is 1.48. The van der Waals surface area contributed by atoms with Crippen LogP contribution in [0, 0.1) is 0 Å². The average Bonchev–Trinajstić information content (AvgIpc) is 2.39. The first-order chi connectivity index (χ1) is 5.38. The van der Waals surface area contributed by atoms with Crippen LogP contribution >= 0.6 is 0 Å². The van der Waals surface area contributed by atoms with Gasteiger partial charge in [-0.2, -0.15) is 5.10 Å². The Hall–Kier alpha value is -0.570. The van der Waals surface area contributed by atoms with E-state index in [-0.39, 0.29) is 0 Å². The zero-order valence-corrected chi connectivity index (χ0v) is 7.29. The molecule has 0 amide bonds. The van der Waals surface area contributed by atoms with Crippen LogP contribution in [0.25, 0.3) is 0 Å². The summed E-state index contributed by atoms with van der Waals surface area (Å²) in [4.78, 5) is 0. The second-order valence-electron chi connectivity index (χ2n) is 2.79. The molecule has 11 heavy (non-hydrogen) atoms. The van der Waals surface area contributed by atoms with E-state index in [0.717, 1.165) is 13.2 Å². The molecule has 64 valence electrons. The lowest BCUT2D eigenvalue weighted by atomic mass is 10.2. The predicted molar refractivity (Wildman–Crippen MR) is 45.8 cm³/mol. The molecule has 1 aliphatic rings. The maximum atomic E-state index is 5.09. The van der Waals surface area contributed by atoms with Crippen molar-refractivity contribution in [3.63, 3.8) is 0 Å². The van der Waals surface area contributed by atoms with Gasteiger partial charge in [-0.3, -0.25) is 5.01 Å². The van der Waals surface area contributed by atoms with Crippen molar-refractivity contribution in [3.8, 4) is 0 Å². The zero-order chi connectivity index (χ0) is 8.10. The Kier molecular flexibility index (Phi) is 3.36. The molecule has 0 N–H and O–H groups in total. The van der Waals surface area contributed by atoms with Crippen LogP contribution in [-0.2, 0) is 4.74 Å². The van der Waals surface area contributed by atoms with Crippen LogP contribution in [0.1, 0.15) is 19.8 Å². The Labute approximate surface area is 68.0 Å². The molecule has 0 saturated carbocycles. The lowest BCUT2D eigenvalue weighted by Gasteiger charge is -2.19. The molecular formula is C8H16N2O. The SMILES string of the molecule is C/C=N/N1CCC[C@H]1COC. The van der Waals surface area contributed by atoms with Crippen LogP contribution in [0.4, 0.5) is 0 Å². The number of hydrogen-bond acceptors (Lipinski definition) is 3. The van der Waals surface area contributed by atoms with Gasteiger partial charge in [-0.25, -0.2) is 0 Å². The van der Waals surface area contributed by atoms with Crippen molar-refractivity contribution in [3.05, 3.63) is 0 Å². The van der Waals surface area contributed by atoms with Gasteiger partial charge in [0.2, 0.25) is 0 Å². The third-order valence-electron chi connectivity index (χ3n) is 1.97. The highest BCUT2D eigenvalue weighted by Gasteiger charge is 2.21. The normalized spacial score (nSPS) is 25.3. The van der Waals surface area contributed by atoms with Gasteiger partial charge in [0.05, 0.1) is 12.6 Å². The van der Waals surface area contributed by atoms with Crippen LogP contribution in [0.5, 0.6) is 0 Å². The smallest absolute Gasteiger partial charge is 0.0704 e. The molecule has 1 rings (SSSR count). The van der Waals surface area contributed by atoms with Crippen LogP contribution in [0.2, 0.25) is 0 Å². The molecule has 0 aromatic carbocycles. The molecule has 0 unspecified atom stereocenters. The Balaban J connectivity index is 2.37. The second-order valence-corrected chi connectivity index (χ2v) is 2.79. The van der Waals surface area contributed by atoms with E-state index in [1.807, 2.05) is 13.1 Å². The molecule has 0 aromatic rings. The minimum atomic E-state index is 0.510. The molecule has 3 heteroatoms. The number of ether oxygens (including phenoxy) is 1. The largest absolute Gasteiger partial charge is 0.382 e. The quantitative estimate of drug-likeness (QED) is 0.572. The molecular weight excluding hydrogens is 140 g/mol. The van der Waals surface area contributed by atoms with Gasteiger partial charge in [-0.15, -0.1) is 0 Å². The third-order valence-corrected chi connectivity index (χ3v) is 1.97. The fraction of sp³-hybridized carbons (Fsp3) is 0.875. The molecule has 3 nitrogen and oxygen atoms in total. The van der Waals surface area contributed by atoms with Crippen molar-refractivity contribution in [2.24, 2.45) is 5.10 Å². The molecule has 1 fully saturated rings. The van der Waals surface area contributed by atoms with Gasteiger partial charge < -0.3 is 4.74 Å². The summed E-state index contributed by atoms with van der Waals surface area (Å²) in [6, 6.07) is 0.510. The molecule has 0 spiro atoms. The van der Waals surface area contributed by atoms with E-state index in [1.165, 1.54) is 12.8 Å². The highest BCUT2D eigenvalue weighted by atomic mass is 16.5. The number of hydrogen-bond donors (Lipinski definition) is 0. The summed E-state index contributed by atoms with van der Waals surface area (Å²) in [5.74, 6) is 0. The fourth-order valence-electron chi connectivity index (χ4n) is 1.48. The maximum absolute atomic E-state index is 5.09. The van der Waals surface area contributed by atoms with Crippen molar-refractivity contribution in [2.45, 2.75) is 25.8 Å². The van der Waals surface area contributed by atoms with Gasteiger partial charge in [0.25, 0.3) is 0 Å². The molecule has 1 atom stereocenters. The van der Waals surface area contributed by atoms with Gasteiger partial charge in [0.1, 0.15) is 0 Å². The summed E-state index contributed by atoms with van der Waals surface area (Å²) >= 11 is 0. The van der Waals surface area contributed by atoms with Crippen LogP contribution in [0.15, 0.2) is 5.10 Å². The Morgan fingerprint density at radius 3 is 3.18 bits per heavy atom. The maximum Gasteiger partial charge on any atom is 0.0704 e. The van der Waals surface area contributed by atoms with Crippen molar-refractivity contribution in [1.29, 1.82) is 0 Å². The second kappa shape index (κ2) is 4.34. The standard InChI is InChI=1S/C8H16N2O/c1-3-9-10-6-4-5-8(10)7-11-2/h3,8H,4-7H2,1-2H3/b9-3+/t8-/m0/s1. The molecule has 0 aliphatic carbocycles. The summed E-state index contributed by atoms with van der Waals surface area (Å²) in [5.41, 5.74) is 0. The monoisotopic (exact) mass is 156 g/mol. The summed E-state index contributed by atoms with van der Waals surface area (Å²) < 4.78 is 5.09. The van der Waals surface area contributed by atoms with Crippen molar-refractivity contribution in [1.82, 2.24) is 5.01 Å². The van der Waals surface area contributed by atoms with Crippen LogP contribution < -0.4 is 0 Å². The molecule has 1 heterocycles. The third kappa shape index (κ3) is 2.19. The minimum Gasteiger partial charge on any atom is -0.382 e. The summed E-state index contributed by atoms with van der Waals surface area (Å²) in [6.07, 6.45) is 4.30. The lowest BCUT2D eigenvalue weighted by Crippen LogP contribution is -2.28.